The number of hydrazine groups is 1. The van der Waals surface area contributed by atoms with E-state index in [1.165, 1.54) is 11.1 Å². The SMILES string of the molecule is Cc1cccc(CCNC(=O)c2ccc(NN)nn2)c1. The lowest BCUT2D eigenvalue weighted by Gasteiger charge is -2.05. The second-order valence-electron chi connectivity index (χ2n) is 4.44. The summed E-state index contributed by atoms with van der Waals surface area (Å²) in [6.45, 7) is 2.60. The van der Waals surface area contributed by atoms with Crippen LogP contribution in [0.3, 0.4) is 0 Å². The summed E-state index contributed by atoms with van der Waals surface area (Å²) < 4.78 is 0. The maximum absolute atomic E-state index is 11.8. The molecule has 1 aromatic heterocycles. The first kappa shape index (κ1) is 14.0. The van der Waals surface area contributed by atoms with Crippen LogP contribution in [0.15, 0.2) is 36.4 Å². The predicted octanol–water partition coefficient (Wildman–Crippen LogP) is 1.04. The van der Waals surface area contributed by atoms with Crippen LogP contribution in [0.1, 0.15) is 21.6 Å². The number of hydrogen-bond donors (Lipinski definition) is 3. The van der Waals surface area contributed by atoms with E-state index in [0.717, 1.165) is 6.42 Å². The molecule has 0 aliphatic rings. The molecule has 0 saturated heterocycles. The van der Waals surface area contributed by atoms with E-state index < -0.39 is 0 Å². The molecule has 0 unspecified atom stereocenters. The van der Waals surface area contributed by atoms with Gasteiger partial charge in [0.1, 0.15) is 0 Å². The second-order valence-corrected chi connectivity index (χ2v) is 4.44. The van der Waals surface area contributed by atoms with Crippen LogP contribution in [0.25, 0.3) is 0 Å². The monoisotopic (exact) mass is 271 g/mol. The summed E-state index contributed by atoms with van der Waals surface area (Å²) in [6.07, 6.45) is 0.781. The summed E-state index contributed by atoms with van der Waals surface area (Å²) in [4.78, 5) is 11.8. The van der Waals surface area contributed by atoms with Gasteiger partial charge in [0, 0.05) is 6.54 Å². The Balaban J connectivity index is 1.85. The number of aryl methyl sites for hydroxylation is 1. The van der Waals surface area contributed by atoms with Crippen LogP contribution in [0, 0.1) is 6.92 Å². The van der Waals surface area contributed by atoms with Crippen LogP contribution in [-0.2, 0) is 6.42 Å². The number of amides is 1. The lowest BCUT2D eigenvalue weighted by molar-refractivity contribution is 0.0948. The molecule has 0 atom stereocenters. The number of nitrogens with two attached hydrogens (primary N) is 1. The molecule has 6 nitrogen and oxygen atoms in total. The fourth-order valence-electron chi connectivity index (χ4n) is 1.81. The Kier molecular flexibility index (Phi) is 4.62. The topological polar surface area (TPSA) is 92.9 Å². The van der Waals surface area contributed by atoms with Crippen molar-refractivity contribution in [1.82, 2.24) is 15.5 Å². The fraction of sp³-hybridized carbons (Fsp3) is 0.214. The van der Waals surface area contributed by atoms with Crippen LogP contribution < -0.4 is 16.6 Å². The van der Waals surface area contributed by atoms with Crippen LogP contribution >= 0.6 is 0 Å². The van der Waals surface area contributed by atoms with Crippen molar-refractivity contribution in [2.45, 2.75) is 13.3 Å². The van der Waals surface area contributed by atoms with Crippen LogP contribution in [0.5, 0.6) is 0 Å². The number of nitrogens with one attached hydrogen (secondary N) is 2. The van der Waals surface area contributed by atoms with Crippen LogP contribution in [0.2, 0.25) is 0 Å². The first-order chi connectivity index (χ1) is 9.69. The lowest BCUT2D eigenvalue weighted by Crippen LogP contribution is -2.27. The Morgan fingerprint density at radius 3 is 2.75 bits per heavy atom. The summed E-state index contributed by atoms with van der Waals surface area (Å²) in [7, 11) is 0. The number of aromatic nitrogens is 2. The predicted molar refractivity (Wildman–Crippen MR) is 77.1 cm³/mol. The van der Waals surface area contributed by atoms with Gasteiger partial charge < -0.3 is 10.7 Å². The summed E-state index contributed by atoms with van der Waals surface area (Å²) in [5.41, 5.74) is 5.04. The molecule has 20 heavy (non-hydrogen) atoms. The highest BCUT2D eigenvalue weighted by molar-refractivity contribution is 5.92. The van der Waals surface area contributed by atoms with Crippen molar-refractivity contribution in [3.63, 3.8) is 0 Å². The molecule has 0 saturated carbocycles. The molecule has 1 aromatic carbocycles. The van der Waals surface area contributed by atoms with Crippen molar-refractivity contribution in [3.05, 3.63) is 53.2 Å². The number of benzene rings is 1. The van der Waals surface area contributed by atoms with Crippen molar-refractivity contribution >= 4 is 11.7 Å². The Morgan fingerprint density at radius 2 is 2.10 bits per heavy atom. The zero-order chi connectivity index (χ0) is 14.4. The molecule has 0 aliphatic carbocycles. The van der Waals surface area contributed by atoms with Gasteiger partial charge in [-0.25, -0.2) is 5.84 Å². The summed E-state index contributed by atoms with van der Waals surface area (Å²) >= 11 is 0. The normalized spacial score (nSPS) is 10.1. The summed E-state index contributed by atoms with van der Waals surface area (Å²) in [5, 5.41) is 10.3. The van der Waals surface area contributed by atoms with Gasteiger partial charge in [-0.1, -0.05) is 29.8 Å². The van der Waals surface area contributed by atoms with Crippen LogP contribution in [0.4, 0.5) is 5.82 Å². The zero-order valence-electron chi connectivity index (χ0n) is 11.3. The highest BCUT2D eigenvalue weighted by Crippen LogP contribution is 2.04. The van der Waals surface area contributed by atoms with Crippen LogP contribution in [-0.4, -0.2) is 22.6 Å². The average Bonchev–Trinajstić information content (AvgIpc) is 2.47. The third kappa shape index (κ3) is 3.76. The molecule has 0 aliphatic heterocycles. The van der Waals surface area contributed by atoms with Gasteiger partial charge in [0.05, 0.1) is 0 Å². The highest BCUT2D eigenvalue weighted by atomic mass is 16.1. The largest absolute Gasteiger partial charge is 0.350 e. The zero-order valence-corrected chi connectivity index (χ0v) is 11.3. The van der Waals surface area contributed by atoms with Crippen molar-refractivity contribution in [3.8, 4) is 0 Å². The maximum Gasteiger partial charge on any atom is 0.271 e. The van der Waals surface area contributed by atoms with E-state index >= 15 is 0 Å². The number of carbonyl (C=O) groups excluding carboxylic acids is 1. The van der Waals surface area contributed by atoms with E-state index in [1.807, 2.05) is 25.1 Å². The molecule has 0 spiro atoms. The molecule has 6 heteroatoms. The van der Waals surface area contributed by atoms with Gasteiger partial charge in [-0.05, 0) is 31.0 Å². The smallest absolute Gasteiger partial charge is 0.271 e. The van der Waals surface area contributed by atoms with Gasteiger partial charge in [-0.15, -0.1) is 10.2 Å². The van der Waals surface area contributed by atoms with Gasteiger partial charge in [-0.2, -0.15) is 0 Å². The number of nitrogen functional groups attached to an aromatic ring is 1. The van der Waals surface area contributed by atoms with Crippen molar-refractivity contribution in [2.75, 3.05) is 12.0 Å². The first-order valence-electron chi connectivity index (χ1n) is 6.33. The molecule has 1 heterocycles. The minimum Gasteiger partial charge on any atom is -0.350 e. The Labute approximate surface area is 117 Å². The van der Waals surface area contributed by atoms with Crippen molar-refractivity contribution < 1.29 is 4.79 Å². The molecule has 0 radical (unpaired) electrons. The van der Waals surface area contributed by atoms with E-state index in [0.29, 0.717) is 12.4 Å². The average molecular weight is 271 g/mol. The summed E-state index contributed by atoms with van der Waals surface area (Å²) in [5.74, 6) is 5.36. The number of rotatable bonds is 5. The van der Waals surface area contributed by atoms with Gasteiger partial charge in [-0.3, -0.25) is 4.79 Å². The fourth-order valence-corrected chi connectivity index (χ4v) is 1.81. The third-order valence-corrected chi connectivity index (χ3v) is 2.83. The number of hydrogen-bond acceptors (Lipinski definition) is 5. The van der Waals surface area contributed by atoms with Gasteiger partial charge >= 0.3 is 0 Å². The quantitative estimate of drug-likeness (QED) is 0.558. The molecule has 2 rings (SSSR count). The molecule has 2 aromatic rings. The van der Waals surface area contributed by atoms with Crippen molar-refractivity contribution in [2.24, 2.45) is 5.84 Å². The Hall–Kier alpha value is -2.47. The summed E-state index contributed by atoms with van der Waals surface area (Å²) in [6, 6.07) is 11.4. The number of anilines is 1. The molecular weight excluding hydrogens is 254 g/mol. The molecule has 104 valence electrons. The maximum atomic E-state index is 11.8. The molecule has 4 N–H and O–H groups in total. The van der Waals surface area contributed by atoms with Gasteiger partial charge in [0.15, 0.2) is 11.5 Å². The van der Waals surface area contributed by atoms with E-state index in [-0.39, 0.29) is 11.6 Å². The van der Waals surface area contributed by atoms with E-state index in [2.05, 4.69) is 27.0 Å². The Morgan fingerprint density at radius 1 is 1.25 bits per heavy atom. The van der Waals surface area contributed by atoms with E-state index in [1.54, 1.807) is 12.1 Å². The number of carbonyl (C=O) groups is 1. The molecule has 1 amide bonds. The van der Waals surface area contributed by atoms with E-state index in [9.17, 15) is 4.79 Å². The van der Waals surface area contributed by atoms with E-state index in [4.69, 9.17) is 5.84 Å². The molecule has 0 fully saturated rings. The molecular formula is C14H17N5O. The van der Waals surface area contributed by atoms with Gasteiger partial charge in [0.25, 0.3) is 5.91 Å². The Bertz CT molecular complexity index is 582. The minimum absolute atomic E-state index is 0.242. The van der Waals surface area contributed by atoms with Crippen molar-refractivity contribution in [1.29, 1.82) is 0 Å². The second kappa shape index (κ2) is 6.63. The lowest BCUT2D eigenvalue weighted by atomic mass is 10.1. The first-order valence-corrected chi connectivity index (χ1v) is 6.33. The van der Waals surface area contributed by atoms with Gasteiger partial charge in [0.2, 0.25) is 0 Å². The standard InChI is InChI=1S/C14H17N5O/c1-10-3-2-4-11(9-10)7-8-16-14(20)12-5-6-13(17-15)19-18-12/h2-6,9H,7-8,15H2,1H3,(H,16,20)(H,17,19). The third-order valence-electron chi connectivity index (χ3n) is 2.83. The number of nitrogens with zero attached hydrogens (tertiary/aromatic N) is 2. The highest BCUT2D eigenvalue weighted by Gasteiger charge is 2.07. The minimum atomic E-state index is -0.242. The molecule has 0 bridgehead atoms.